The SMILES string of the molecule is COCC(N)OC(C)=O. The number of carbonyl (C=O) groups is 1. The highest BCUT2D eigenvalue weighted by Gasteiger charge is 2.02. The third-order valence-electron chi connectivity index (χ3n) is 0.648. The summed E-state index contributed by atoms with van der Waals surface area (Å²) in [5.41, 5.74) is 5.22. The molecular weight excluding hydrogens is 122 g/mol. The Hall–Kier alpha value is -0.610. The first-order valence-electron chi connectivity index (χ1n) is 2.58. The fourth-order valence-electron chi connectivity index (χ4n) is 0.411. The van der Waals surface area contributed by atoms with Gasteiger partial charge in [-0.2, -0.15) is 0 Å². The van der Waals surface area contributed by atoms with Gasteiger partial charge >= 0.3 is 5.97 Å². The zero-order chi connectivity index (χ0) is 7.28. The van der Waals surface area contributed by atoms with E-state index < -0.39 is 6.23 Å². The van der Waals surface area contributed by atoms with Crippen molar-refractivity contribution < 1.29 is 14.3 Å². The van der Waals surface area contributed by atoms with Gasteiger partial charge in [0.1, 0.15) is 0 Å². The molecule has 0 aromatic heterocycles. The maximum absolute atomic E-state index is 10.2. The number of methoxy groups -OCH3 is 1. The minimum absolute atomic E-state index is 0.236. The summed E-state index contributed by atoms with van der Waals surface area (Å²) in [5, 5.41) is 0. The minimum atomic E-state index is -0.632. The maximum atomic E-state index is 10.2. The van der Waals surface area contributed by atoms with Crippen LogP contribution >= 0.6 is 0 Å². The second kappa shape index (κ2) is 4.29. The van der Waals surface area contributed by atoms with Gasteiger partial charge in [0, 0.05) is 14.0 Å². The van der Waals surface area contributed by atoms with E-state index in [4.69, 9.17) is 5.73 Å². The number of ether oxygens (including phenoxy) is 2. The van der Waals surface area contributed by atoms with Gasteiger partial charge in [0.2, 0.25) is 0 Å². The molecule has 0 aliphatic heterocycles. The van der Waals surface area contributed by atoms with E-state index in [1.165, 1.54) is 14.0 Å². The van der Waals surface area contributed by atoms with Crippen LogP contribution in [0.2, 0.25) is 0 Å². The zero-order valence-electron chi connectivity index (χ0n) is 5.59. The van der Waals surface area contributed by atoms with E-state index in [0.29, 0.717) is 0 Å². The van der Waals surface area contributed by atoms with Gasteiger partial charge in [-0.3, -0.25) is 10.5 Å². The first kappa shape index (κ1) is 8.39. The number of rotatable bonds is 3. The fourth-order valence-corrected chi connectivity index (χ4v) is 0.411. The molecule has 0 radical (unpaired) electrons. The second-order valence-corrected chi connectivity index (χ2v) is 1.60. The predicted octanol–water partition coefficient (Wildman–Crippen LogP) is -0.519. The van der Waals surface area contributed by atoms with E-state index in [9.17, 15) is 4.79 Å². The topological polar surface area (TPSA) is 61.6 Å². The highest BCUT2D eigenvalue weighted by atomic mass is 16.6. The van der Waals surface area contributed by atoms with Gasteiger partial charge in [0.25, 0.3) is 0 Å². The van der Waals surface area contributed by atoms with E-state index >= 15 is 0 Å². The summed E-state index contributed by atoms with van der Waals surface area (Å²) in [6.07, 6.45) is -0.632. The molecule has 0 aliphatic rings. The van der Waals surface area contributed by atoms with Crippen molar-refractivity contribution in [3.63, 3.8) is 0 Å². The van der Waals surface area contributed by atoms with Gasteiger partial charge in [0.05, 0.1) is 6.61 Å². The summed E-state index contributed by atoms with van der Waals surface area (Å²) in [5.74, 6) is -0.389. The summed E-state index contributed by atoms with van der Waals surface area (Å²) >= 11 is 0. The first-order valence-corrected chi connectivity index (χ1v) is 2.58. The van der Waals surface area contributed by atoms with Crippen molar-refractivity contribution in [2.45, 2.75) is 13.2 Å². The Morgan fingerprint density at radius 2 is 2.33 bits per heavy atom. The van der Waals surface area contributed by atoms with Crippen molar-refractivity contribution >= 4 is 5.97 Å². The molecule has 0 amide bonds. The van der Waals surface area contributed by atoms with Crippen LogP contribution in [0.4, 0.5) is 0 Å². The number of carbonyl (C=O) groups excluding carboxylic acids is 1. The minimum Gasteiger partial charge on any atom is -0.444 e. The molecule has 9 heavy (non-hydrogen) atoms. The molecule has 0 bridgehead atoms. The van der Waals surface area contributed by atoms with Crippen LogP contribution < -0.4 is 5.73 Å². The van der Waals surface area contributed by atoms with Gasteiger partial charge in [0.15, 0.2) is 6.23 Å². The summed E-state index contributed by atoms with van der Waals surface area (Å²) < 4.78 is 9.11. The molecule has 0 rings (SSSR count). The highest BCUT2D eigenvalue weighted by molar-refractivity contribution is 5.66. The molecule has 54 valence electrons. The smallest absolute Gasteiger partial charge is 0.304 e. The van der Waals surface area contributed by atoms with Crippen molar-refractivity contribution in [1.29, 1.82) is 0 Å². The number of hydrogen-bond donors (Lipinski definition) is 1. The van der Waals surface area contributed by atoms with E-state index in [-0.39, 0.29) is 12.6 Å². The van der Waals surface area contributed by atoms with Crippen molar-refractivity contribution in [3.8, 4) is 0 Å². The van der Waals surface area contributed by atoms with E-state index in [1.54, 1.807) is 0 Å². The number of hydrogen-bond acceptors (Lipinski definition) is 4. The summed E-state index contributed by atoms with van der Waals surface area (Å²) in [6.45, 7) is 1.54. The molecule has 1 unspecified atom stereocenters. The molecule has 2 N–H and O–H groups in total. The molecule has 0 saturated heterocycles. The van der Waals surface area contributed by atoms with E-state index in [2.05, 4.69) is 9.47 Å². The third-order valence-corrected chi connectivity index (χ3v) is 0.648. The molecular formula is C5H11NO3. The maximum Gasteiger partial charge on any atom is 0.304 e. The Bertz CT molecular complexity index is 94.2. The quantitative estimate of drug-likeness (QED) is 0.415. The van der Waals surface area contributed by atoms with Crippen LogP contribution in [0.25, 0.3) is 0 Å². The molecule has 0 aromatic carbocycles. The number of nitrogens with two attached hydrogens (primary N) is 1. The predicted molar refractivity (Wildman–Crippen MR) is 31.6 cm³/mol. The summed E-state index contributed by atoms with van der Waals surface area (Å²) in [6, 6.07) is 0. The second-order valence-electron chi connectivity index (χ2n) is 1.60. The van der Waals surface area contributed by atoms with Gasteiger partial charge in [-0.15, -0.1) is 0 Å². The molecule has 0 aromatic rings. The van der Waals surface area contributed by atoms with E-state index in [1.807, 2.05) is 0 Å². The van der Waals surface area contributed by atoms with Gasteiger partial charge in [-0.25, -0.2) is 0 Å². The van der Waals surface area contributed by atoms with Crippen molar-refractivity contribution in [2.75, 3.05) is 13.7 Å². The van der Waals surface area contributed by atoms with Crippen LogP contribution in [0.15, 0.2) is 0 Å². The lowest BCUT2D eigenvalue weighted by Gasteiger charge is -2.08. The Morgan fingerprint density at radius 3 is 2.67 bits per heavy atom. The molecule has 0 fully saturated rings. The van der Waals surface area contributed by atoms with E-state index in [0.717, 1.165) is 0 Å². The average molecular weight is 133 g/mol. The Labute approximate surface area is 53.9 Å². The monoisotopic (exact) mass is 133 g/mol. The molecule has 1 atom stereocenters. The number of esters is 1. The van der Waals surface area contributed by atoms with Gasteiger partial charge < -0.3 is 9.47 Å². The van der Waals surface area contributed by atoms with Crippen LogP contribution in [-0.2, 0) is 14.3 Å². The molecule has 0 heterocycles. The standard InChI is InChI=1S/C5H11NO3/c1-4(7)9-5(6)3-8-2/h5H,3,6H2,1-2H3. The van der Waals surface area contributed by atoms with Gasteiger partial charge in [-0.05, 0) is 0 Å². The first-order chi connectivity index (χ1) is 4.16. The van der Waals surface area contributed by atoms with Crippen LogP contribution in [-0.4, -0.2) is 25.9 Å². The third kappa shape index (κ3) is 5.26. The molecule has 0 aliphatic carbocycles. The molecule has 4 nitrogen and oxygen atoms in total. The van der Waals surface area contributed by atoms with Crippen LogP contribution in [0.3, 0.4) is 0 Å². The van der Waals surface area contributed by atoms with Gasteiger partial charge in [-0.1, -0.05) is 0 Å². The molecule has 0 saturated carbocycles. The van der Waals surface area contributed by atoms with Crippen LogP contribution in [0.1, 0.15) is 6.92 Å². The van der Waals surface area contributed by atoms with Crippen molar-refractivity contribution in [3.05, 3.63) is 0 Å². The Kier molecular flexibility index (Phi) is 4.00. The average Bonchev–Trinajstić information content (AvgIpc) is 1.63. The fraction of sp³-hybridized carbons (Fsp3) is 0.800. The largest absolute Gasteiger partial charge is 0.444 e. The molecule has 0 spiro atoms. The van der Waals surface area contributed by atoms with Crippen LogP contribution in [0, 0.1) is 0 Å². The van der Waals surface area contributed by atoms with Crippen molar-refractivity contribution in [1.82, 2.24) is 0 Å². The summed E-state index contributed by atoms with van der Waals surface area (Å²) in [4.78, 5) is 10.2. The lowest BCUT2D eigenvalue weighted by atomic mass is 10.6. The Morgan fingerprint density at radius 1 is 1.78 bits per heavy atom. The molecule has 4 heteroatoms. The zero-order valence-corrected chi connectivity index (χ0v) is 5.59. The van der Waals surface area contributed by atoms with Crippen molar-refractivity contribution in [2.24, 2.45) is 5.73 Å². The Balaban J connectivity index is 3.26. The van der Waals surface area contributed by atoms with Crippen LogP contribution in [0.5, 0.6) is 0 Å². The summed E-state index contributed by atoms with van der Waals surface area (Å²) in [7, 11) is 1.49. The highest BCUT2D eigenvalue weighted by Crippen LogP contribution is 1.83. The lowest BCUT2D eigenvalue weighted by Crippen LogP contribution is -2.30. The lowest BCUT2D eigenvalue weighted by molar-refractivity contribution is -0.148. The normalized spacial score (nSPS) is 12.8.